The molecule has 6 nitrogen and oxygen atoms in total. The van der Waals surface area contributed by atoms with E-state index in [0.29, 0.717) is 6.42 Å². The Morgan fingerprint density at radius 1 is 1.16 bits per heavy atom. The fourth-order valence-corrected chi connectivity index (χ4v) is 4.86. The van der Waals surface area contributed by atoms with E-state index in [1.165, 1.54) is 50.0 Å². The number of unbranched alkanes of at least 4 members (excludes halogenated alkanes) is 1. The molecule has 4 heterocycles. The molecular formula is C28H41F2KN4O2. The van der Waals surface area contributed by atoms with E-state index in [1.807, 2.05) is 12.3 Å². The molecule has 0 atom stereocenters. The van der Waals surface area contributed by atoms with Crippen molar-refractivity contribution in [2.45, 2.75) is 83.1 Å². The van der Waals surface area contributed by atoms with Gasteiger partial charge in [0.2, 0.25) is 6.43 Å². The molecular weight excluding hydrogens is 501 g/mol. The molecule has 0 amide bonds. The Kier molecular flexibility index (Phi) is 15.7. The Morgan fingerprint density at radius 3 is 2.59 bits per heavy atom. The average Bonchev–Trinajstić information content (AvgIpc) is 3.63. The third-order valence-electron chi connectivity index (χ3n) is 6.84. The van der Waals surface area contributed by atoms with Gasteiger partial charge in [0, 0.05) is 54.6 Å². The van der Waals surface area contributed by atoms with Gasteiger partial charge in [-0.15, -0.1) is 0 Å². The summed E-state index contributed by atoms with van der Waals surface area (Å²) in [5.74, 6) is 2.54. The number of hydrogen-bond acceptors (Lipinski definition) is 6. The second kappa shape index (κ2) is 17.8. The van der Waals surface area contributed by atoms with Crippen LogP contribution in [0.25, 0.3) is 0 Å². The van der Waals surface area contributed by atoms with Gasteiger partial charge in [-0.05, 0) is 82.5 Å². The Hall–Kier alpha value is -0.684. The maximum absolute atomic E-state index is 12.1. The average molecular weight is 543 g/mol. The van der Waals surface area contributed by atoms with E-state index in [9.17, 15) is 8.78 Å². The summed E-state index contributed by atoms with van der Waals surface area (Å²) < 4.78 is 29.5. The molecule has 2 aliphatic heterocycles. The van der Waals surface area contributed by atoms with Crippen LogP contribution in [0.3, 0.4) is 0 Å². The van der Waals surface area contributed by atoms with Crippen molar-refractivity contribution < 1.29 is 70.0 Å². The van der Waals surface area contributed by atoms with E-state index >= 15 is 0 Å². The number of aromatic nitrogens is 2. The fourth-order valence-electron chi connectivity index (χ4n) is 4.86. The summed E-state index contributed by atoms with van der Waals surface area (Å²) in [5.41, 5.74) is 4.90. The van der Waals surface area contributed by atoms with Gasteiger partial charge in [0.25, 0.3) is 0 Å². The molecule has 37 heavy (non-hydrogen) atoms. The summed E-state index contributed by atoms with van der Waals surface area (Å²) >= 11 is 0. The second-order valence-corrected chi connectivity index (χ2v) is 9.62. The van der Waals surface area contributed by atoms with Gasteiger partial charge in [-0.1, -0.05) is 6.07 Å². The van der Waals surface area contributed by atoms with Crippen molar-refractivity contribution >= 4 is 5.82 Å². The number of pyridine rings is 2. The van der Waals surface area contributed by atoms with E-state index in [-0.39, 0.29) is 57.8 Å². The predicted molar refractivity (Wildman–Crippen MR) is 138 cm³/mol. The van der Waals surface area contributed by atoms with Crippen molar-refractivity contribution in [3.63, 3.8) is 0 Å². The van der Waals surface area contributed by atoms with Crippen molar-refractivity contribution in [1.82, 2.24) is 14.9 Å². The van der Waals surface area contributed by atoms with Crippen LogP contribution in [0, 0.1) is 0 Å². The molecule has 0 spiro atoms. The van der Waals surface area contributed by atoms with E-state index in [1.54, 1.807) is 7.11 Å². The SMILES string of the molecule is COc1cc(CCCCC(F)F)nc2c1CCCN2.C[O-].[K+].c1cnc(C2CC2)c(CN2CCCC2)c1. The number of nitrogens with one attached hydrogen (secondary N) is 1. The van der Waals surface area contributed by atoms with Crippen LogP contribution in [0.2, 0.25) is 0 Å². The largest absolute Gasteiger partial charge is 1.00 e. The monoisotopic (exact) mass is 542 g/mol. The summed E-state index contributed by atoms with van der Waals surface area (Å²) in [7, 11) is 2.41. The van der Waals surface area contributed by atoms with Crippen molar-refractivity contribution in [1.29, 1.82) is 0 Å². The van der Waals surface area contributed by atoms with Crippen LogP contribution in [0.5, 0.6) is 5.75 Å². The molecule has 2 fully saturated rings. The first-order valence-corrected chi connectivity index (χ1v) is 13.3. The standard InChI is InChI=1S/C14H20F2N2O.C13H18N2.CH3O.K/c1-19-12-9-10(5-2-3-7-13(15)16)18-14-11(12)6-4-8-17-14;1-2-9-15(8-1)10-12-4-3-7-14-13(12)11-5-6-11;1-2;/h9,13H,2-8H2,1H3,(H,17,18);3-4,7,11H,1-2,5-6,8-10H2;1H3;/q;;-1;+1. The zero-order valence-electron chi connectivity index (χ0n) is 22.8. The maximum atomic E-state index is 12.1. The number of nitrogens with zero attached hydrogens (tertiary/aromatic N) is 3. The first-order chi connectivity index (χ1) is 17.6. The Balaban J connectivity index is 0.000000242. The van der Waals surface area contributed by atoms with E-state index < -0.39 is 6.43 Å². The van der Waals surface area contributed by atoms with E-state index in [4.69, 9.17) is 9.84 Å². The molecule has 5 rings (SSSR count). The molecule has 200 valence electrons. The zero-order valence-corrected chi connectivity index (χ0v) is 25.9. The minimum atomic E-state index is -2.20. The Bertz CT molecular complexity index is 908. The van der Waals surface area contributed by atoms with Crippen molar-refractivity contribution in [2.75, 3.05) is 39.2 Å². The Labute approximate surface area is 263 Å². The quantitative estimate of drug-likeness (QED) is 0.386. The number of fused-ring (bicyclic) bond motifs is 1. The van der Waals surface area contributed by atoms with Gasteiger partial charge in [-0.3, -0.25) is 9.88 Å². The van der Waals surface area contributed by atoms with Gasteiger partial charge >= 0.3 is 51.4 Å². The molecule has 1 aliphatic carbocycles. The van der Waals surface area contributed by atoms with Crippen LogP contribution in [0.4, 0.5) is 14.6 Å². The zero-order chi connectivity index (χ0) is 25.8. The first-order valence-electron chi connectivity index (χ1n) is 13.3. The molecule has 3 aliphatic rings. The smallest absolute Gasteiger partial charge is 0.857 e. The normalized spacial score (nSPS) is 16.4. The number of aryl methyl sites for hydroxylation is 1. The van der Waals surface area contributed by atoms with Crippen LogP contribution in [-0.2, 0) is 19.4 Å². The molecule has 0 unspecified atom stereocenters. The summed E-state index contributed by atoms with van der Waals surface area (Å²) in [5, 5.41) is 11.5. The van der Waals surface area contributed by atoms with Crippen LogP contribution >= 0.6 is 0 Å². The number of methoxy groups -OCH3 is 1. The molecule has 1 saturated carbocycles. The molecule has 0 radical (unpaired) electrons. The van der Waals surface area contributed by atoms with E-state index in [0.717, 1.165) is 74.6 Å². The van der Waals surface area contributed by atoms with E-state index in [2.05, 4.69) is 32.3 Å². The molecule has 2 aromatic heterocycles. The number of anilines is 1. The maximum Gasteiger partial charge on any atom is 1.00 e. The van der Waals surface area contributed by atoms with Gasteiger partial charge in [-0.2, -0.15) is 7.11 Å². The van der Waals surface area contributed by atoms with Crippen molar-refractivity contribution in [2.24, 2.45) is 0 Å². The third kappa shape index (κ3) is 10.8. The minimum absolute atomic E-state index is 0. The van der Waals surface area contributed by atoms with Crippen molar-refractivity contribution in [3.8, 4) is 5.75 Å². The molecule has 2 aromatic rings. The Morgan fingerprint density at radius 2 is 1.92 bits per heavy atom. The summed E-state index contributed by atoms with van der Waals surface area (Å²) in [6, 6.07) is 6.28. The summed E-state index contributed by atoms with van der Waals surface area (Å²) in [6.45, 7) is 4.61. The number of rotatable bonds is 9. The first kappa shape index (κ1) is 32.5. The molecule has 1 N–H and O–H groups in total. The fraction of sp³-hybridized carbons (Fsp3) is 0.643. The summed E-state index contributed by atoms with van der Waals surface area (Å²) in [6.07, 6.45) is 9.22. The molecule has 1 saturated heterocycles. The van der Waals surface area contributed by atoms with Gasteiger partial charge in [0.15, 0.2) is 0 Å². The van der Waals surface area contributed by atoms with Crippen LogP contribution < -0.4 is 66.5 Å². The van der Waals surface area contributed by atoms with Gasteiger partial charge in [-0.25, -0.2) is 13.8 Å². The molecule has 0 bridgehead atoms. The number of halogens is 2. The van der Waals surface area contributed by atoms with Crippen molar-refractivity contribution in [3.05, 3.63) is 46.9 Å². The van der Waals surface area contributed by atoms with Crippen LogP contribution in [0.15, 0.2) is 24.4 Å². The van der Waals surface area contributed by atoms with Gasteiger partial charge < -0.3 is 15.2 Å². The molecule has 0 aromatic carbocycles. The minimum Gasteiger partial charge on any atom is -0.857 e. The number of likely N-dealkylation sites (tertiary alicyclic amines) is 1. The number of ether oxygens (including phenoxy) is 1. The third-order valence-corrected chi connectivity index (χ3v) is 6.84. The van der Waals surface area contributed by atoms with Crippen LogP contribution in [-0.4, -0.2) is 55.1 Å². The van der Waals surface area contributed by atoms with Gasteiger partial charge in [0.1, 0.15) is 11.6 Å². The predicted octanol–water partition coefficient (Wildman–Crippen LogP) is 1.96. The van der Waals surface area contributed by atoms with Crippen LogP contribution in [0.1, 0.15) is 79.8 Å². The summed E-state index contributed by atoms with van der Waals surface area (Å²) in [4.78, 5) is 11.7. The number of alkyl halides is 2. The number of hydrogen-bond donors (Lipinski definition) is 1. The molecule has 9 heteroatoms. The topological polar surface area (TPSA) is 73.3 Å². The second-order valence-electron chi connectivity index (χ2n) is 9.62. The van der Waals surface area contributed by atoms with Gasteiger partial charge in [0.05, 0.1) is 7.11 Å².